The number of carbonyl (C=O) groups excluding carboxylic acids is 1. The van der Waals surface area contributed by atoms with Crippen LogP contribution in [0.2, 0.25) is 0 Å². The zero-order valence-electron chi connectivity index (χ0n) is 13.6. The zero-order chi connectivity index (χ0) is 15.4. The highest BCUT2D eigenvalue weighted by Crippen LogP contribution is 2.22. The Hall–Kier alpha value is -0.970. The van der Waals surface area contributed by atoms with E-state index >= 15 is 0 Å². The lowest BCUT2D eigenvalue weighted by Crippen LogP contribution is -2.41. The maximum absolute atomic E-state index is 12.8. The van der Waals surface area contributed by atoms with Crippen molar-refractivity contribution in [3.63, 3.8) is 0 Å². The van der Waals surface area contributed by atoms with Crippen LogP contribution in [-0.4, -0.2) is 45.7 Å². The smallest absolute Gasteiger partial charge is 0.272 e. The van der Waals surface area contributed by atoms with Crippen LogP contribution in [0.4, 0.5) is 0 Å². The van der Waals surface area contributed by atoms with Gasteiger partial charge in [-0.3, -0.25) is 9.48 Å². The molecule has 2 heterocycles. The van der Waals surface area contributed by atoms with Crippen LogP contribution in [0.25, 0.3) is 0 Å². The number of nitrogens with zero attached hydrogens (tertiary/aromatic N) is 3. The highest BCUT2D eigenvalue weighted by molar-refractivity contribution is 7.98. The molecule has 1 aliphatic rings. The first-order valence-corrected chi connectivity index (χ1v) is 9.32. The van der Waals surface area contributed by atoms with Gasteiger partial charge in [0, 0.05) is 19.6 Å². The van der Waals surface area contributed by atoms with Gasteiger partial charge in [0.1, 0.15) is 5.69 Å². The average Bonchev–Trinajstić information content (AvgIpc) is 2.91. The molecule has 0 bridgehead atoms. The Morgan fingerprint density at radius 1 is 1.52 bits per heavy atom. The van der Waals surface area contributed by atoms with Gasteiger partial charge in [-0.25, -0.2) is 0 Å². The van der Waals surface area contributed by atoms with Gasteiger partial charge >= 0.3 is 0 Å². The van der Waals surface area contributed by atoms with E-state index in [0.717, 1.165) is 43.2 Å². The third kappa shape index (κ3) is 3.82. The topological polar surface area (TPSA) is 38.1 Å². The summed E-state index contributed by atoms with van der Waals surface area (Å²) in [6.07, 6.45) is 4.50. The summed E-state index contributed by atoms with van der Waals surface area (Å²) >= 11 is 1.88. The van der Waals surface area contributed by atoms with E-state index in [1.54, 1.807) is 0 Å². The molecule has 2 rings (SSSR count). The summed E-state index contributed by atoms with van der Waals surface area (Å²) < 4.78 is 1.86. The van der Waals surface area contributed by atoms with Crippen molar-refractivity contribution in [1.29, 1.82) is 0 Å². The van der Waals surface area contributed by atoms with Gasteiger partial charge in [-0.2, -0.15) is 16.9 Å². The molecule has 1 fully saturated rings. The summed E-state index contributed by atoms with van der Waals surface area (Å²) in [4.78, 5) is 14.8. The molecule has 0 aromatic carbocycles. The first-order chi connectivity index (χ1) is 10.1. The SMILES string of the molecule is CCn1nc(C(C)C)cc1C(=O)N1CCCC(CSC)C1. The number of hydrogen-bond donors (Lipinski definition) is 0. The zero-order valence-corrected chi connectivity index (χ0v) is 14.4. The molecule has 5 heteroatoms. The van der Waals surface area contributed by atoms with E-state index in [4.69, 9.17) is 0 Å². The Labute approximate surface area is 132 Å². The molecule has 1 unspecified atom stereocenters. The number of amides is 1. The molecular weight excluding hydrogens is 282 g/mol. The average molecular weight is 309 g/mol. The molecule has 1 amide bonds. The molecule has 1 aliphatic heterocycles. The Kier molecular flexibility index (Phi) is 5.73. The van der Waals surface area contributed by atoms with E-state index in [-0.39, 0.29) is 5.91 Å². The van der Waals surface area contributed by atoms with Crippen LogP contribution in [0.15, 0.2) is 6.07 Å². The van der Waals surface area contributed by atoms with Gasteiger partial charge in [-0.15, -0.1) is 0 Å². The summed E-state index contributed by atoms with van der Waals surface area (Å²) in [5.74, 6) is 2.30. The maximum atomic E-state index is 12.8. The summed E-state index contributed by atoms with van der Waals surface area (Å²) in [6, 6.07) is 1.98. The number of rotatable bonds is 5. The van der Waals surface area contributed by atoms with Crippen LogP contribution in [0.3, 0.4) is 0 Å². The number of thioether (sulfide) groups is 1. The Bertz CT molecular complexity index is 482. The van der Waals surface area contributed by atoms with Crippen LogP contribution >= 0.6 is 11.8 Å². The largest absolute Gasteiger partial charge is 0.337 e. The van der Waals surface area contributed by atoms with Crippen molar-refractivity contribution in [2.45, 2.75) is 46.1 Å². The van der Waals surface area contributed by atoms with Crippen LogP contribution in [-0.2, 0) is 6.54 Å². The predicted molar refractivity (Wildman–Crippen MR) is 89.0 cm³/mol. The van der Waals surface area contributed by atoms with E-state index in [1.165, 1.54) is 6.42 Å². The third-order valence-corrected chi connectivity index (χ3v) is 4.92. The van der Waals surface area contributed by atoms with E-state index in [9.17, 15) is 4.79 Å². The third-order valence-electron chi connectivity index (χ3n) is 4.12. The standard InChI is InChI=1S/C16H27N3OS/c1-5-19-15(9-14(17-19)12(2)3)16(20)18-8-6-7-13(10-18)11-21-4/h9,12-13H,5-8,10-11H2,1-4H3. The van der Waals surface area contributed by atoms with Crippen molar-refractivity contribution in [2.75, 3.05) is 25.1 Å². The van der Waals surface area contributed by atoms with Gasteiger partial charge in [0.15, 0.2) is 0 Å². The number of aryl methyl sites for hydroxylation is 1. The van der Waals surface area contributed by atoms with Crippen molar-refractivity contribution in [2.24, 2.45) is 5.92 Å². The minimum Gasteiger partial charge on any atom is -0.337 e. The predicted octanol–water partition coefficient (Wildman–Crippen LogP) is 3.24. The van der Waals surface area contributed by atoms with E-state index in [0.29, 0.717) is 11.8 Å². The lowest BCUT2D eigenvalue weighted by atomic mass is 9.99. The number of hydrogen-bond acceptors (Lipinski definition) is 3. The Balaban J connectivity index is 2.15. The first kappa shape index (κ1) is 16.4. The molecular formula is C16H27N3OS. The minimum absolute atomic E-state index is 0.155. The lowest BCUT2D eigenvalue weighted by Gasteiger charge is -2.32. The second-order valence-corrected chi connectivity index (χ2v) is 7.05. The molecule has 0 saturated carbocycles. The summed E-state index contributed by atoms with van der Waals surface area (Å²) in [7, 11) is 0. The van der Waals surface area contributed by atoms with Crippen LogP contribution in [0.5, 0.6) is 0 Å². The van der Waals surface area contributed by atoms with Gasteiger partial charge < -0.3 is 4.90 Å². The van der Waals surface area contributed by atoms with Crippen molar-refractivity contribution >= 4 is 17.7 Å². The van der Waals surface area contributed by atoms with Gasteiger partial charge in [0.05, 0.1) is 5.69 Å². The fourth-order valence-electron chi connectivity index (χ4n) is 2.92. The highest BCUT2D eigenvalue weighted by Gasteiger charge is 2.26. The van der Waals surface area contributed by atoms with Gasteiger partial charge in [0.2, 0.25) is 0 Å². The minimum atomic E-state index is 0.155. The molecule has 1 aromatic heterocycles. The monoisotopic (exact) mass is 309 g/mol. The van der Waals surface area contributed by atoms with Crippen molar-refractivity contribution < 1.29 is 4.79 Å². The second-order valence-electron chi connectivity index (χ2n) is 6.14. The molecule has 0 spiro atoms. The number of piperidine rings is 1. The number of aromatic nitrogens is 2. The lowest BCUT2D eigenvalue weighted by molar-refractivity contribution is 0.0673. The molecule has 4 nitrogen and oxygen atoms in total. The summed E-state index contributed by atoms with van der Waals surface area (Å²) in [6.45, 7) is 8.80. The second kappa shape index (κ2) is 7.34. The quantitative estimate of drug-likeness (QED) is 0.838. The van der Waals surface area contributed by atoms with Crippen LogP contribution < -0.4 is 0 Å². The molecule has 118 valence electrons. The Morgan fingerprint density at radius 2 is 2.29 bits per heavy atom. The van der Waals surface area contributed by atoms with E-state index in [2.05, 4.69) is 25.2 Å². The van der Waals surface area contributed by atoms with Crippen LogP contribution in [0.1, 0.15) is 55.7 Å². The molecule has 0 aliphatic carbocycles. The molecule has 0 N–H and O–H groups in total. The molecule has 0 radical (unpaired) electrons. The van der Waals surface area contributed by atoms with E-state index in [1.807, 2.05) is 34.3 Å². The first-order valence-electron chi connectivity index (χ1n) is 7.92. The van der Waals surface area contributed by atoms with Crippen LogP contribution in [0, 0.1) is 5.92 Å². The van der Waals surface area contributed by atoms with Gasteiger partial charge in [-0.05, 0) is 49.7 Å². The molecule has 1 atom stereocenters. The summed E-state index contributed by atoms with van der Waals surface area (Å²) in [5.41, 5.74) is 1.77. The molecule has 1 saturated heterocycles. The number of carbonyl (C=O) groups is 1. The summed E-state index contributed by atoms with van der Waals surface area (Å²) in [5, 5.41) is 4.56. The molecule has 1 aromatic rings. The molecule has 21 heavy (non-hydrogen) atoms. The van der Waals surface area contributed by atoms with Crippen molar-refractivity contribution in [3.05, 3.63) is 17.5 Å². The maximum Gasteiger partial charge on any atom is 0.272 e. The van der Waals surface area contributed by atoms with Gasteiger partial charge in [-0.1, -0.05) is 13.8 Å². The van der Waals surface area contributed by atoms with E-state index < -0.39 is 0 Å². The van der Waals surface area contributed by atoms with Gasteiger partial charge in [0.25, 0.3) is 5.91 Å². The Morgan fingerprint density at radius 3 is 2.90 bits per heavy atom. The van der Waals surface area contributed by atoms with Crippen molar-refractivity contribution in [1.82, 2.24) is 14.7 Å². The highest BCUT2D eigenvalue weighted by atomic mass is 32.2. The number of likely N-dealkylation sites (tertiary alicyclic amines) is 1. The fourth-order valence-corrected chi connectivity index (χ4v) is 3.66. The van der Waals surface area contributed by atoms with Crippen molar-refractivity contribution in [3.8, 4) is 0 Å². The normalized spacial score (nSPS) is 19.3. The fraction of sp³-hybridized carbons (Fsp3) is 0.750.